The van der Waals surface area contributed by atoms with Gasteiger partial charge in [0.1, 0.15) is 23.1 Å². The average Bonchev–Trinajstić information content (AvgIpc) is 3.19. The SMILES string of the molecule is COc1ccc(Cc2nc3sc4c(c3c(=O)n2CCF)CCC4)cc1. The van der Waals surface area contributed by atoms with Gasteiger partial charge in [-0.05, 0) is 42.5 Å². The second-order valence-corrected chi connectivity index (χ2v) is 7.32. The number of aryl methyl sites for hydroxylation is 2. The third-order valence-corrected chi connectivity index (χ3v) is 5.92. The van der Waals surface area contributed by atoms with Gasteiger partial charge in [0.15, 0.2) is 0 Å². The first-order chi connectivity index (χ1) is 12.2. The molecular weight excluding hydrogens is 339 g/mol. The Hall–Kier alpha value is -2.21. The summed E-state index contributed by atoms with van der Waals surface area (Å²) in [6.45, 7) is -0.521. The van der Waals surface area contributed by atoms with Gasteiger partial charge < -0.3 is 4.74 Å². The fourth-order valence-corrected chi connectivity index (χ4v) is 4.77. The van der Waals surface area contributed by atoms with Gasteiger partial charge in [-0.2, -0.15) is 0 Å². The van der Waals surface area contributed by atoms with Crippen molar-refractivity contribution in [2.24, 2.45) is 0 Å². The van der Waals surface area contributed by atoms with Gasteiger partial charge in [0.05, 0.1) is 19.0 Å². The molecule has 0 aliphatic heterocycles. The normalized spacial score (nSPS) is 13.4. The van der Waals surface area contributed by atoms with E-state index in [0.717, 1.165) is 41.0 Å². The number of hydrogen-bond acceptors (Lipinski definition) is 4. The smallest absolute Gasteiger partial charge is 0.262 e. The molecule has 4 nitrogen and oxygen atoms in total. The molecule has 0 fully saturated rings. The molecule has 0 atom stereocenters. The largest absolute Gasteiger partial charge is 0.497 e. The van der Waals surface area contributed by atoms with E-state index in [1.807, 2.05) is 24.3 Å². The number of alkyl halides is 1. The van der Waals surface area contributed by atoms with Crippen molar-refractivity contribution < 1.29 is 9.13 Å². The van der Waals surface area contributed by atoms with Gasteiger partial charge in [0, 0.05) is 11.3 Å². The van der Waals surface area contributed by atoms with Gasteiger partial charge in [-0.1, -0.05) is 12.1 Å². The predicted octanol–water partition coefficient (Wildman–Crippen LogP) is 3.52. The van der Waals surface area contributed by atoms with Gasteiger partial charge in [-0.3, -0.25) is 9.36 Å². The quantitative estimate of drug-likeness (QED) is 0.701. The molecule has 6 heteroatoms. The number of hydrogen-bond donors (Lipinski definition) is 0. The van der Waals surface area contributed by atoms with Crippen LogP contribution in [0.3, 0.4) is 0 Å². The maximum Gasteiger partial charge on any atom is 0.262 e. The van der Waals surface area contributed by atoms with Crippen molar-refractivity contribution >= 4 is 21.6 Å². The van der Waals surface area contributed by atoms with Crippen LogP contribution in [0.15, 0.2) is 29.1 Å². The van der Waals surface area contributed by atoms with Crippen LogP contribution in [-0.2, 0) is 25.8 Å². The van der Waals surface area contributed by atoms with E-state index in [1.54, 1.807) is 18.4 Å². The van der Waals surface area contributed by atoms with Gasteiger partial charge >= 0.3 is 0 Å². The molecule has 0 radical (unpaired) electrons. The number of methoxy groups -OCH3 is 1. The van der Waals surface area contributed by atoms with Crippen LogP contribution in [0.2, 0.25) is 0 Å². The molecule has 1 aliphatic rings. The zero-order chi connectivity index (χ0) is 17.4. The lowest BCUT2D eigenvalue weighted by atomic mass is 10.1. The molecule has 0 amide bonds. The summed E-state index contributed by atoms with van der Waals surface area (Å²) in [5.41, 5.74) is 2.07. The first-order valence-corrected chi connectivity index (χ1v) is 9.25. The number of benzene rings is 1. The van der Waals surface area contributed by atoms with E-state index in [9.17, 15) is 9.18 Å². The lowest BCUT2D eigenvalue weighted by molar-refractivity contribution is 0.414. The van der Waals surface area contributed by atoms with Crippen LogP contribution in [0, 0.1) is 0 Å². The minimum absolute atomic E-state index is 0.0535. The lowest BCUT2D eigenvalue weighted by Crippen LogP contribution is -2.26. The number of ether oxygens (including phenoxy) is 1. The van der Waals surface area contributed by atoms with Crippen LogP contribution >= 0.6 is 11.3 Å². The summed E-state index contributed by atoms with van der Waals surface area (Å²) < 4.78 is 19.8. The highest BCUT2D eigenvalue weighted by Crippen LogP contribution is 2.34. The van der Waals surface area contributed by atoms with E-state index in [-0.39, 0.29) is 12.1 Å². The van der Waals surface area contributed by atoms with E-state index >= 15 is 0 Å². The van der Waals surface area contributed by atoms with Crippen molar-refractivity contribution in [3.63, 3.8) is 0 Å². The predicted molar refractivity (Wildman–Crippen MR) is 97.7 cm³/mol. The number of aromatic nitrogens is 2. The van der Waals surface area contributed by atoms with Crippen molar-refractivity contribution in [1.29, 1.82) is 0 Å². The molecule has 25 heavy (non-hydrogen) atoms. The highest BCUT2D eigenvalue weighted by Gasteiger charge is 2.23. The van der Waals surface area contributed by atoms with Crippen LogP contribution in [-0.4, -0.2) is 23.3 Å². The summed E-state index contributed by atoms with van der Waals surface area (Å²) >= 11 is 1.62. The Labute approximate surface area is 148 Å². The third kappa shape index (κ3) is 2.84. The van der Waals surface area contributed by atoms with Crippen LogP contribution < -0.4 is 10.3 Å². The average molecular weight is 358 g/mol. The monoisotopic (exact) mass is 358 g/mol. The topological polar surface area (TPSA) is 44.1 Å². The third-order valence-electron chi connectivity index (χ3n) is 4.73. The van der Waals surface area contributed by atoms with Crippen molar-refractivity contribution in [2.75, 3.05) is 13.8 Å². The molecule has 0 N–H and O–H groups in total. The molecule has 0 spiro atoms. The molecule has 0 saturated carbocycles. The van der Waals surface area contributed by atoms with Crippen molar-refractivity contribution in [3.05, 3.63) is 56.4 Å². The minimum Gasteiger partial charge on any atom is -0.497 e. The number of thiophene rings is 1. The maximum absolute atomic E-state index is 13.1. The van der Waals surface area contributed by atoms with Gasteiger partial charge in [-0.15, -0.1) is 11.3 Å². The molecule has 0 unspecified atom stereocenters. The molecule has 1 aliphatic carbocycles. The van der Waals surface area contributed by atoms with Gasteiger partial charge in [0.25, 0.3) is 5.56 Å². The Kier molecular flexibility index (Phi) is 4.29. The Morgan fingerprint density at radius 2 is 2.08 bits per heavy atom. The van der Waals surface area contributed by atoms with E-state index in [2.05, 4.69) is 0 Å². The number of halogens is 1. The molecule has 130 valence electrons. The minimum atomic E-state index is -0.574. The van der Waals surface area contributed by atoms with E-state index in [4.69, 9.17) is 9.72 Å². The highest BCUT2D eigenvalue weighted by molar-refractivity contribution is 7.18. The molecular formula is C19H19FN2O2S. The number of rotatable bonds is 5. The Morgan fingerprint density at radius 1 is 1.28 bits per heavy atom. The summed E-state index contributed by atoms with van der Waals surface area (Å²) in [6.07, 6.45) is 3.54. The van der Waals surface area contributed by atoms with Crippen LogP contribution in [0.25, 0.3) is 10.2 Å². The van der Waals surface area contributed by atoms with E-state index in [0.29, 0.717) is 17.6 Å². The Balaban J connectivity index is 1.81. The van der Waals surface area contributed by atoms with Crippen LogP contribution in [0.5, 0.6) is 5.75 Å². The molecule has 4 rings (SSSR count). The zero-order valence-corrected chi connectivity index (χ0v) is 14.9. The van der Waals surface area contributed by atoms with Crippen molar-refractivity contribution in [1.82, 2.24) is 9.55 Å². The molecule has 3 aromatic rings. The van der Waals surface area contributed by atoms with Crippen LogP contribution in [0.1, 0.15) is 28.2 Å². The first kappa shape index (κ1) is 16.3. The van der Waals surface area contributed by atoms with E-state index in [1.165, 1.54) is 9.44 Å². The molecule has 2 heterocycles. The van der Waals surface area contributed by atoms with Crippen LogP contribution in [0.4, 0.5) is 4.39 Å². The summed E-state index contributed by atoms with van der Waals surface area (Å²) in [5, 5.41) is 0.712. The fraction of sp³-hybridized carbons (Fsp3) is 0.368. The number of nitrogens with zero attached hydrogens (tertiary/aromatic N) is 2. The maximum atomic E-state index is 13.1. The Bertz CT molecular complexity index is 976. The van der Waals surface area contributed by atoms with Gasteiger partial charge in [0.2, 0.25) is 0 Å². The van der Waals surface area contributed by atoms with Crippen molar-refractivity contribution in [2.45, 2.75) is 32.2 Å². The fourth-order valence-electron chi connectivity index (χ4n) is 3.49. The first-order valence-electron chi connectivity index (χ1n) is 8.44. The number of fused-ring (bicyclic) bond motifs is 3. The summed E-state index contributed by atoms with van der Waals surface area (Å²) in [4.78, 5) is 19.8. The van der Waals surface area contributed by atoms with Crippen molar-refractivity contribution in [3.8, 4) is 5.75 Å². The standard InChI is InChI=1S/C19H19FN2O2S/c1-24-13-7-5-12(6-8-13)11-16-21-18-17(19(23)22(16)10-9-20)14-3-2-4-15(14)25-18/h5-8H,2-4,9-11H2,1H3. The second kappa shape index (κ2) is 6.59. The summed E-state index contributed by atoms with van der Waals surface area (Å²) in [5.74, 6) is 1.41. The Morgan fingerprint density at radius 3 is 2.80 bits per heavy atom. The zero-order valence-electron chi connectivity index (χ0n) is 14.0. The highest BCUT2D eigenvalue weighted by atomic mass is 32.1. The van der Waals surface area contributed by atoms with E-state index < -0.39 is 6.67 Å². The second-order valence-electron chi connectivity index (χ2n) is 6.24. The summed E-state index contributed by atoms with van der Waals surface area (Å²) in [6, 6.07) is 7.66. The molecule has 2 aromatic heterocycles. The lowest BCUT2D eigenvalue weighted by Gasteiger charge is -2.12. The molecule has 0 saturated heterocycles. The molecule has 1 aromatic carbocycles. The molecule has 0 bridgehead atoms. The van der Waals surface area contributed by atoms with Gasteiger partial charge in [-0.25, -0.2) is 9.37 Å². The summed E-state index contributed by atoms with van der Waals surface area (Å²) in [7, 11) is 1.62.